The Hall–Kier alpha value is -3.42. The van der Waals surface area contributed by atoms with Crippen LogP contribution in [0, 0.1) is 0 Å². The van der Waals surface area contributed by atoms with E-state index < -0.39 is 24.3 Å². The van der Waals surface area contributed by atoms with E-state index in [0.717, 1.165) is 5.56 Å². The van der Waals surface area contributed by atoms with Crippen LogP contribution in [0.15, 0.2) is 61.6 Å². The number of methoxy groups -OCH3 is 1. The number of rotatable bonds is 8. The molecule has 188 valence electrons. The summed E-state index contributed by atoms with van der Waals surface area (Å²) in [7, 11) is 1.54. The first-order chi connectivity index (χ1) is 17.6. The topological polar surface area (TPSA) is 129 Å². The number of imidazole rings is 1. The smallest absolute Gasteiger partial charge is 0.269 e. The molecule has 1 aliphatic heterocycles. The van der Waals surface area contributed by atoms with Crippen LogP contribution in [0.25, 0.3) is 11.0 Å². The van der Waals surface area contributed by atoms with Gasteiger partial charge >= 0.3 is 0 Å². The third kappa shape index (κ3) is 4.68. The Morgan fingerprint density at radius 2 is 2.06 bits per heavy atom. The third-order valence-corrected chi connectivity index (χ3v) is 6.44. The SMILES string of the molecule is COc1ncnc2c([C@@H]3N[C@H](CO)[C@@H](OC(=S)n4ccnc4)[C@H]3O)cn(COCc3ccccc3)c12. The first-order valence-electron chi connectivity index (χ1n) is 11.3. The molecule has 1 aliphatic rings. The summed E-state index contributed by atoms with van der Waals surface area (Å²) >= 11 is 5.34. The maximum atomic E-state index is 11.3. The minimum Gasteiger partial charge on any atom is -0.479 e. The molecule has 3 N–H and O–H groups in total. The highest BCUT2D eigenvalue weighted by Crippen LogP contribution is 2.36. The summed E-state index contributed by atoms with van der Waals surface area (Å²) in [5.74, 6) is 0.384. The molecular formula is C24H26N6O5S. The van der Waals surface area contributed by atoms with Crippen LogP contribution < -0.4 is 10.1 Å². The van der Waals surface area contributed by atoms with Crippen molar-refractivity contribution in [1.29, 1.82) is 0 Å². The minimum absolute atomic E-state index is 0.123. The van der Waals surface area contributed by atoms with Gasteiger partial charge < -0.3 is 29.0 Å². The molecule has 1 fully saturated rings. The van der Waals surface area contributed by atoms with Crippen LogP contribution in [-0.4, -0.2) is 71.4 Å². The summed E-state index contributed by atoms with van der Waals surface area (Å²) in [6, 6.07) is 8.69. The third-order valence-electron chi connectivity index (χ3n) is 6.13. The zero-order chi connectivity index (χ0) is 25.1. The fourth-order valence-electron chi connectivity index (χ4n) is 4.42. The minimum atomic E-state index is -1.03. The van der Waals surface area contributed by atoms with Crippen LogP contribution in [0.5, 0.6) is 5.88 Å². The summed E-state index contributed by atoms with van der Waals surface area (Å²) in [4.78, 5) is 12.7. The van der Waals surface area contributed by atoms with E-state index in [1.54, 1.807) is 12.4 Å². The summed E-state index contributed by atoms with van der Waals surface area (Å²) in [6.45, 7) is 0.373. The van der Waals surface area contributed by atoms with Crippen molar-refractivity contribution in [1.82, 2.24) is 29.4 Å². The van der Waals surface area contributed by atoms with Crippen LogP contribution in [0.3, 0.4) is 0 Å². The van der Waals surface area contributed by atoms with Crippen molar-refractivity contribution < 1.29 is 24.4 Å². The van der Waals surface area contributed by atoms with Crippen molar-refractivity contribution in [3.63, 3.8) is 0 Å². The van der Waals surface area contributed by atoms with E-state index in [9.17, 15) is 10.2 Å². The Morgan fingerprint density at radius 1 is 1.22 bits per heavy atom. The van der Waals surface area contributed by atoms with Gasteiger partial charge in [0.15, 0.2) is 0 Å². The maximum absolute atomic E-state index is 11.3. The molecule has 0 unspecified atom stereocenters. The number of hydrogen-bond donors (Lipinski definition) is 3. The summed E-state index contributed by atoms with van der Waals surface area (Å²) in [5, 5.41) is 24.7. The summed E-state index contributed by atoms with van der Waals surface area (Å²) in [5.41, 5.74) is 2.97. The number of thiocarbonyl (C=S) groups is 1. The van der Waals surface area contributed by atoms with Crippen LogP contribution in [0.4, 0.5) is 0 Å². The fourth-order valence-corrected chi connectivity index (χ4v) is 4.64. The number of aliphatic hydroxyl groups is 2. The summed E-state index contributed by atoms with van der Waals surface area (Å²) in [6.07, 6.45) is 6.16. The first kappa shape index (κ1) is 24.3. The second-order valence-electron chi connectivity index (χ2n) is 8.34. The van der Waals surface area contributed by atoms with E-state index in [2.05, 4.69) is 20.3 Å². The molecule has 12 heteroatoms. The molecule has 0 aliphatic carbocycles. The largest absolute Gasteiger partial charge is 0.479 e. The van der Waals surface area contributed by atoms with Crippen molar-refractivity contribution in [3.05, 3.63) is 72.7 Å². The van der Waals surface area contributed by atoms with E-state index in [1.807, 2.05) is 41.1 Å². The molecule has 11 nitrogen and oxygen atoms in total. The van der Waals surface area contributed by atoms with Crippen LogP contribution in [0.1, 0.15) is 17.2 Å². The fraction of sp³-hybridized carbons (Fsp3) is 0.333. The van der Waals surface area contributed by atoms with Crippen LogP contribution >= 0.6 is 12.2 Å². The lowest BCUT2D eigenvalue weighted by molar-refractivity contribution is 0.0277. The van der Waals surface area contributed by atoms with Gasteiger partial charge in [0.05, 0.1) is 32.4 Å². The molecule has 0 radical (unpaired) electrons. The van der Waals surface area contributed by atoms with Gasteiger partial charge in [0.1, 0.15) is 42.6 Å². The van der Waals surface area contributed by atoms with Gasteiger partial charge in [0, 0.05) is 24.2 Å². The van der Waals surface area contributed by atoms with Crippen molar-refractivity contribution in [2.45, 2.75) is 37.6 Å². The van der Waals surface area contributed by atoms with E-state index in [4.69, 9.17) is 26.4 Å². The van der Waals surface area contributed by atoms with Gasteiger partial charge in [-0.15, -0.1) is 0 Å². The highest BCUT2D eigenvalue weighted by Gasteiger charge is 2.46. The predicted octanol–water partition coefficient (Wildman–Crippen LogP) is 1.40. The molecule has 0 amide bonds. The van der Waals surface area contributed by atoms with Gasteiger partial charge in [0.2, 0.25) is 5.88 Å². The normalized spacial score (nSPS) is 21.6. The molecule has 4 aromatic rings. The Kier molecular flexibility index (Phi) is 7.20. The number of nitrogens with zero attached hydrogens (tertiary/aromatic N) is 5. The zero-order valence-corrected chi connectivity index (χ0v) is 20.3. The number of hydrogen-bond acceptors (Lipinski definition) is 10. The van der Waals surface area contributed by atoms with Gasteiger partial charge in [-0.2, -0.15) is 4.98 Å². The second kappa shape index (κ2) is 10.7. The molecular weight excluding hydrogens is 484 g/mol. The van der Waals surface area contributed by atoms with E-state index in [0.29, 0.717) is 29.1 Å². The lowest BCUT2D eigenvalue weighted by Crippen LogP contribution is -2.40. The Morgan fingerprint density at radius 3 is 2.78 bits per heavy atom. The predicted molar refractivity (Wildman–Crippen MR) is 133 cm³/mol. The van der Waals surface area contributed by atoms with Crippen molar-refractivity contribution in [2.75, 3.05) is 13.7 Å². The number of ether oxygens (including phenoxy) is 3. The molecule has 4 heterocycles. The molecule has 36 heavy (non-hydrogen) atoms. The standard InChI is InChI=1S/C24H26N6O5S/c1-33-23-20-18(26-12-27-23)16(9-30(20)14-34-11-15-5-3-2-4-6-15)19-21(32)22(17(10-31)28-19)35-24(36)29-8-7-25-13-29/h2-9,12-13,17,19,21-22,28,31-32H,10-11,14H2,1H3/t17-,19+,21+,22-/m1/s1. The average Bonchev–Trinajstić information content (AvgIpc) is 3.64. The summed E-state index contributed by atoms with van der Waals surface area (Å²) < 4.78 is 20.7. The first-order valence-corrected chi connectivity index (χ1v) is 11.7. The van der Waals surface area contributed by atoms with Crippen molar-refractivity contribution in [3.8, 4) is 5.88 Å². The number of fused-ring (bicyclic) bond motifs is 1. The Bertz CT molecular complexity index is 1320. The van der Waals surface area contributed by atoms with Gasteiger partial charge in [-0.25, -0.2) is 9.97 Å². The molecule has 0 spiro atoms. The van der Waals surface area contributed by atoms with Crippen LogP contribution in [-0.2, 0) is 22.8 Å². The molecule has 4 atom stereocenters. The Balaban J connectivity index is 1.42. The molecule has 1 aromatic carbocycles. The average molecular weight is 511 g/mol. The molecule has 0 bridgehead atoms. The molecule has 5 rings (SSSR count). The second-order valence-corrected chi connectivity index (χ2v) is 8.69. The number of benzene rings is 1. The maximum Gasteiger partial charge on any atom is 0.269 e. The Labute approximate surface area is 212 Å². The molecule has 1 saturated heterocycles. The molecule has 0 saturated carbocycles. The number of aliphatic hydroxyl groups excluding tert-OH is 2. The van der Waals surface area contributed by atoms with E-state index in [1.165, 1.54) is 24.3 Å². The van der Waals surface area contributed by atoms with E-state index in [-0.39, 0.29) is 18.5 Å². The van der Waals surface area contributed by atoms with Crippen molar-refractivity contribution >= 4 is 28.4 Å². The molecule has 3 aromatic heterocycles. The van der Waals surface area contributed by atoms with Gasteiger partial charge in [0.25, 0.3) is 5.17 Å². The number of aromatic nitrogens is 5. The highest BCUT2D eigenvalue weighted by atomic mass is 32.1. The monoisotopic (exact) mass is 510 g/mol. The lowest BCUT2D eigenvalue weighted by atomic mass is 10.0. The number of nitrogens with one attached hydrogen (secondary N) is 1. The zero-order valence-electron chi connectivity index (χ0n) is 19.5. The van der Waals surface area contributed by atoms with Gasteiger partial charge in [-0.1, -0.05) is 30.3 Å². The van der Waals surface area contributed by atoms with Crippen LogP contribution in [0.2, 0.25) is 0 Å². The lowest BCUT2D eigenvalue weighted by Gasteiger charge is -2.22. The van der Waals surface area contributed by atoms with E-state index >= 15 is 0 Å². The highest BCUT2D eigenvalue weighted by molar-refractivity contribution is 7.80. The van der Waals surface area contributed by atoms with Gasteiger partial charge in [-0.3, -0.25) is 9.88 Å². The van der Waals surface area contributed by atoms with Crippen molar-refractivity contribution in [2.24, 2.45) is 0 Å². The quantitative estimate of drug-likeness (QED) is 0.299. The van der Waals surface area contributed by atoms with Gasteiger partial charge in [-0.05, 0) is 17.8 Å².